The third-order valence-corrected chi connectivity index (χ3v) is 4.01. The predicted molar refractivity (Wildman–Crippen MR) is 119 cm³/mol. The summed E-state index contributed by atoms with van der Waals surface area (Å²) in [5.74, 6) is 0.878. The molecule has 0 atom stereocenters. The van der Waals surface area contributed by atoms with Crippen LogP contribution < -0.4 is 10.6 Å². The summed E-state index contributed by atoms with van der Waals surface area (Å²) in [5.41, 5.74) is -0.427. The van der Waals surface area contributed by atoms with Gasteiger partial charge in [-0.3, -0.25) is 9.89 Å². The van der Waals surface area contributed by atoms with Gasteiger partial charge >= 0.3 is 6.09 Å². The number of halogens is 1. The zero-order chi connectivity index (χ0) is 18.7. The van der Waals surface area contributed by atoms with Crippen LogP contribution in [-0.2, 0) is 4.74 Å². The van der Waals surface area contributed by atoms with E-state index in [-0.39, 0.29) is 30.1 Å². The van der Waals surface area contributed by atoms with Crippen molar-refractivity contribution in [3.8, 4) is 0 Å². The van der Waals surface area contributed by atoms with Gasteiger partial charge in [0.1, 0.15) is 5.60 Å². The van der Waals surface area contributed by atoms with E-state index < -0.39 is 5.60 Å². The minimum absolute atomic E-state index is 0. The van der Waals surface area contributed by atoms with E-state index in [9.17, 15) is 4.79 Å². The van der Waals surface area contributed by atoms with Crippen molar-refractivity contribution in [3.63, 3.8) is 0 Å². The van der Waals surface area contributed by atoms with Crippen LogP contribution in [0.25, 0.3) is 0 Å². The first kappa shape index (κ1) is 25.2. The molecule has 1 saturated heterocycles. The maximum Gasteiger partial charge on any atom is 0.410 e. The first-order valence-corrected chi connectivity index (χ1v) is 9.50. The molecule has 0 saturated carbocycles. The molecule has 1 fully saturated rings. The summed E-state index contributed by atoms with van der Waals surface area (Å²) in [6, 6.07) is 0. The van der Waals surface area contributed by atoms with Gasteiger partial charge in [0.25, 0.3) is 0 Å². The molecule has 1 amide bonds. The lowest BCUT2D eigenvalue weighted by atomic mass is 10.2. The Morgan fingerprint density at radius 1 is 1.08 bits per heavy atom. The zero-order valence-corrected chi connectivity index (χ0v) is 19.5. The first-order chi connectivity index (χ1) is 11.9. The molecule has 26 heavy (non-hydrogen) atoms. The fourth-order valence-electron chi connectivity index (χ4n) is 2.59. The number of ether oxygens (including phenoxy) is 1. The number of hydrogen-bond donors (Lipinski definition) is 2. The molecule has 0 unspecified atom stereocenters. The molecule has 0 aromatic rings. The molecular weight excluding hydrogens is 445 g/mol. The molecule has 1 heterocycles. The van der Waals surface area contributed by atoms with Crippen LogP contribution in [0.2, 0.25) is 0 Å². The quantitative estimate of drug-likeness (QED) is 0.252. The summed E-state index contributed by atoms with van der Waals surface area (Å²) in [7, 11) is 1.80. The van der Waals surface area contributed by atoms with Gasteiger partial charge in [-0.15, -0.1) is 24.0 Å². The molecule has 0 aromatic heterocycles. The first-order valence-electron chi connectivity index (χ1n) is 9.50. The monoisotopic (exact) mass is 483 g/mol. The highest BCUT2D eigenvalue weighted by Crippen LogP contribution is 2.11. The molecule has 0 aliphatic carbocycles. The summed E-state index contributed by atoms with van der Waals surface area (Å²) < 4.78 is 5.43. The molecule has 0 bridgehead atoms. The minimum Gasteiger partial charge on any atom is -0.444 e. The number of nitrogens with one attached hydrogen (secondary N) is 2. The highest BCUT2D eigenvalue weighted by atomic mass is 127. The fourth-order valence-corrected chi connectivity index (χ4v) is 2.59. The number of carbonyl (C=O) groups is 1. The molecule has 0 aromatic carbocycles. The van der Waals surface area contributed by atoms with Crippen LogP contribution in [0, 0.1) is 0 Å². The van der Waals surface area contributed by atoms with Gasteiger partial charge in [-0.2, -0.15) is 0 Å². The van der Waals surface area contributed by atoms with Gasteiger partial charge in [0.05, 0.1) is 0 Å². The molecule has 1 rings (SSSR count). The molecule has 1 aliphatic rings. The van der Waals surface area contributed by atoms with Gasteiger partial charge in [-0.25, -0.2) is 4.79 Å². The van der Waals surface area contributed by atoms with Gasteiger partial charge in [0.15, 0.2) is 5.96 Å². The summed E-state index contributed by atoms with van der Waals surface area (Å²) in [6.45, 7) is 14.1. The number of carbonyl (C=O) groups excluding carboxylic acids is 1. The number of nitrogens with zero attached hydrogens (tertiary/aromatic N) is 3. The van der Waals surface area contributed by atoms with E-state index in [4.69, 9.17) is 4.74 Å². The highest BCUT2D eigenvalue weighted by Gasteiger charge is 2.25. The van der Waals surface area contributed by atoms with Crippen molar-refractivity contribution >= 4 is 36.0 Å². The average Bonchev–Trinajstić information content (AvgIpc) is 2.56. The van der Waals surface area contributed by atoms with E-state index in [1.165, 1.54) is 6.42 Å². The predicted octanol–water partition coefficient (Wildman–Crippen LogP) is 2.51. The number of hydrogen-bond acceptors (Lipinski definition) is 4. The van der Waals surface area contributed by atoms with Gasteiger partial charge in [-0.1, -0.05) is 13.3 Å². The summed E-state index contributed by atoms with van der Waals surface area (Å²) in [4.78, 5) is 20.5. The minimum atomic E-state index is -0.427. The third-order valence-electron chi connectivity index (χ3n) is 4.01. The van der Waals surface area contributed by atoms with Crippen molar-refractivity contribution in [2.45, 2.75) is 52.6 Å². The van der Waals surface area contributed by atoms with E-state index in [0.717, 1.165) is 64.6 Å². The largest absolute Gasteiger partial charge is 0.444 e. The van der Waals surface area contributed by atoms with E-state index >= 15 is 0 Å². The van der Waals surface area contributed by atoms with Gasteiger partial charge < -0.3 is 20.3 Å². The van der Waals surface area contributed by atoms with E-state index in [1.807, 2.05) is 20.8 Å². The van der Waals surface area contributed by atoms with E-state index in [1.54, 1.807) is 11.9 Å². The van der Waals surface area contributed by atoms with Crippen molar-refractivity contribution in [3.05, 3.63) is 0 Å². The van der Waals surface area contributed by atoms with Crippen LogP contribution in [0.5, 0.6) is 0 Å². The third kappa shape index (κ3) is 11.1. The smallest absolute Gasteiger partial charge is 0.410 e. The number of aliphatic imine (C=N–C) groups is 1. The molecule has 0 spiro atoms. The molecule has 8 heteroatoms. The lowest BCUT2D eigenvalue weighted by Gasteiger charge is -2.35. The second kappa shape index (κ2) is 13.4. The Labute approximate surface area is 176 Å². The van der Waals surface area contributed by atoms with Gasteiger partial charge in [0.2, 0.25) is 0 Å². The Morgan fingerprint density at radius 2 is 1.65 bits per heavy atom. The van der Waals surface area contributed by atoms with Crippen LogP contribution in [0.1, 0.15) is 47.0 Å². The summed E-state index contributed by atoms with van der Waals surface area (Å²) >= 11 is 0. The number of guanidine groups is 1. The van der Waals surface area contributed by atoms with Crippen molar-refractivity contribution in [2.24, 2.45) is 4.99 Å². The van der Waals surface area contributed by atoms with Crippen molar-refractivity contribution in [1.29, 1.82) is 0 Å². The Balaban J connectivity index is 0.00000625. The van der Waals surface area contributed by atoms with Crippen LogP contribution in [0.3, 0.4) is 0 Å². The Morgan fingerprint density at radius 3 is 2.15 bits per heavy atom. The maximum absolute atomic E-state index is 12.1. The molecule has 2 N–H and O–H groups in total. The second-order valence-corrected chi connectivity index (χ2v) is 7.44. The zero-order valence-electron chi connectivity index (χ0n) is 17.1. The Kier molecular flexibility index (Phi) is 13.0. The van der Waals surface area contributed by atoms with E-state index in [0.29, 0.717) is 0 Å². The molecule has 7 nitrogen and oxygen atoms in total. The average molecular weight is 483 g/mol. The number of piperazine rings is 1. The van der Waals surface area contributed by atoms with E-state index in [2.05, 4.69) is 27.4 Å². The van der Waals surface area contributed by atoms with Crippen molar-refractivity contribution in [2.75, 3.05) is 52.9 Å². The second-order valence-electron chi connectivity index (χ2n) is 7.44. The van der Waals surface area contributed by atoms with Crippen molar-refractivity contribution < 1.29 is 9.53 Å². The lowest BCUT2D eigenvalue weighted by Crippen LogP contribution is -2.50. The van der Waals surface area contributed by atoms with Crippen LogP contribution in [0.15, 0.2) is 4.99 Å². The molecular formula is C18H38IN5O2. The topological polar surface area (TPSA) is 69.2 Å². The summed E-state index contributed by atoms with van der Waals surface area (Å²) in [6.07, 6.45) is 3.19. The maximum atomic E-state index is 12.1. The molecule has 154 valence electrons. The van der Waals surface area contributed by atoms with Crippen LogP contribution in [-0.4, -0.2) is 80.3 Å². The molecule has 0 radical (unpaired) electrons. The van der Waals surface area contributed by atoms with Gasteiger partial charge in [-0.05, 0) is 40.2 Å². The van der Waals surface area contributed by atoms with Gasteiger partial charge in [0, 0.05) is 46.3 Å². The van der Waals surface area contributed by atoms with Crippen molar-refractivity contribution in [1.82, 2.24) is 20.4 Å². The fraction of sp³-hybridized carbons (Fsp3) is 0.889. The molecule has 1 aliphatic heterocycles. The Hall–Kier alpha value is -0.770. The number of amides is 1. The summed E-state index contributed by atoms with van der Waals surface area (Å²) in [5, 5.41) is 6.66. The SMILES string of the molecule is CCCCNC(=NC)NCCCN1CCN(C(=O)OC(C)(C)C)CC1.I. The lowest BCUT2D eigenvalue weighted by molar-refractivity contribution is 0.0145. The van der Waals surface area contributed by atoms with Crippen LogP contribution >= 0.6 is 24.0 Å². The highest BCUT2D eigenvalue weighted by molar-refractivity contribution is 14.0. The Bertz CT molecular complexity index is 418. The van der Waals surface area contributed by atoms with Crippen LogP contribution in [0.4, 0.5) is 4.79 Å². The number of rotatable bonds is 7. The number of unbranched alkanes of at least 4 members (excludes halogenated alkanes) is 1. The standard InChI is InChI=1S/C18H37N5O2.HI/c1-6-7-9-20-16(19-5)21-10-8-11-22-12-14-23(15-13-22)17(24)25-18(2,3)4;/h6-15H2,1-5H3,(H2,19,20,21);1H. The normalized spacial score (nSPS) is 16.0.